The second kappa shape index (κ2) is 5.26. The Morgan fingerprint density at radius 1 is 1.29 bits per heavy atom. The lowest BCUT2D eigenvalue weighted by atomic mass is 10.1. The number of aromatic nitrogens is 2. The summed E-state index contributed by atoms with van der Waals surface area (Å²) in [6, 6.07) is 0. The zero-order valence-corrected chi connectivity index (χ0v) is 10.2. The highest BCUT2D eigenvalue weighted by Crippen LogP contribution is 2.30. The Hall–Kier alpha value is -1.69. The number of hydrogen-bond acceptors (Lipinski definition) is 6. The molecule has 1 aromatic rings. The Labute approximate surface area is 114 Å². The van der Waals surface area contributed by atoms with Gasteiger partial charge in [0.1, 0.15) is 23.9 Å². The summed E-state index contributed by atoms with van der Waals surface area (Å²) in [5.74, 6) is 0. The number of H-pyrrole nitrogens is 1. The van der Waals surface area contributed by atoms with Gasteiger partial charge >= 0.3 is 11.9 Å². The fraction of sp³-hybridized carbons (Fsp3) is 0.600. The Morgan fingerprint density at radius 2 is 1.90 bits per heavy atom. The summed E-state index contributed by atoms with van der Waals surface area (Å²) in [5.41, 5.74) is -4.53. The summed E-state index contributed by atoms with van der Waals surface area (Å²) < 4.78 is 43.2. The average molecular weight is 312 g/mol. The monoisotopic (exact) mass is 312 g/mol. The lowest BCUT2D eigenvalue weighted by Gasteiger charge is -2.18. The van der Waals surface area contributed by atoms with Crippen LogP contribution in [0.5, 0.6) is 0 Å². The molecule has 21 heavy (non-hydrogen) atoms. The zero-order valence-electron chi connectivity index (χ0n) is 10.2. The van der Waals surface area contributed by atoms with Gasteiger partial charge in [-0.15, -0.1) is 0 Å². The Bertz CT molecular complexity index is 639. The molecule has 0 bridgehead atoms. The van der Waals surface area contributed by atoms with Gasteiger partial charge in [-0.2, -0.15) is 13.2 Å². The molecule has 4 atom stereocenters. The third-order valence-electron chi connectivity index (χ3n) is 3.06. The van der Waals surface area contributed by atoms with Crippen molar-refractivity contribution in [3.05, 3.63) is 32.6 Å². The third-order valence-corrected chi connectivity index (χ3v) is 3.06. The van der Waals surface area contributed by atoms with Crippen molar-refractivity contribution in [1.29, 1.82) is 0 Å². The highest BCUT2D eigenvalue weighted by Gasteiger charge is 2.44. The number of nitrogens with one attached hydrogen (secondary N) is 1. The summed E-state index contributed by atoms with van der Waals surface area (Å²) in [4.78, 5) is 24.2. The van der Waals surface area contributed by atoms with Crippen LogP contribution in [0.3, 0.4) is 0 Å². The van der Waals surface area contributed by atoms with E-state index in [0.29, 0.717) is 4.57 Å². The van der Waals surface area contributed by atoms with Crippen molar-refractivity contribution in [1.82, 2.24) is 9.55 Å². The molecule has 11 heteroatoms. The van der Waals surface area contributed by atoms with Crippen LogP contribution in [0, 0.1) is 0 Å². The molecule has 0 spiro atoms. The van der Waals surface area contributed by atoms with Crippen molar-refractivity contribution < 1.29 is 33.2 Å². The standard InChI is InChI=1S/C10H11F3N2O6/c11-10(12,13)3-1-15(9(20)14-7(3)19)8-6(18)5(17)4(2-16)21-8/h1,4-6,8,16-18H,2H2,(H,14,19,20)/t4-,5?,6+,8-/m1/s1. The summed E-state index contributed by atoms with van der Waals surface area (Å²) in [6.45, 7) is -0.709. The summed E-state index contributed by atoms with van der Waals surface area (Å²) >= 11 is 0. The van der Waals surface area contributed by atoms with E-state index in [-0.39, 0.29) is 6.20 Å². The molecular weight excluding hydrogens is 301 g/mol. The molecular formula is C10H11F3N2O6. The maximum atomic E-state index is 12.6. The average Bonchev–Trinajstić information content (AvgIpc) is 2.65. The van der Waals surface area contributed by atoms with Gasteiger partial charge in [-0.05, 0) is 0 Å². The van der Waals surface area contributed by atoms with E-state index in [1.54, 1.807) is 0 Å². The normalized spacial score (nSPS) is 29.8. The zero-order chi connectivity index (χ0) is 15.9. The lowest BCUT2D eigenvalue weighted by Crippen LogP contribution is -2.40. The third kappa shape index (κ3) is 2.72. The number of aliphatic hydroxyl groups is 3. The van der Waals surface area contributed by atoms with Crippen molar-refractivity contribution in [3.63, 3.8) is 0 Å². The van der Waals surface area contributed by atoms with Crippen molar-refractivity contribution in [2.24, 2.45) is 0 Å². The van der Waals surface area contributed by atoms with E-state index in [1.807, 2.05) is 0 Å². The minimum atomic E-state index is -5.01. The van der Waals surface area contributed by atoms with Gasteiger partial charge < -0.3 is 20.1 Å². The van der Waals surface area contributed by atoms with Crippen LogP contribution < -0.4 is 11.2 Å². The van der Waals surface area contributed by atoms with E-state index < -0.39 is 54.1 Å². The van der Waals surface area contributed by atoms with Crippen molar-refractivity contribution >= 4 is 0 Å². The van der Waals surface area contributed by atoms with Gasteiger partial charge in [-0.25, -0.2) is 4.79 Å². The number of aromatic amines is 1. The molecule has 0 amide bonds. The number of alkyl halides is 3. The summed E-state index contributed by atoms with van der Waals surface area (Å²) in [5, 5.41) is 28.1. The van der Waals surface area contributed by atoms with Crippen LogP contribution in [0.15, 0.2) is 15.8 Å². The van der Waals surface area contributed by atoms with Crippen LogP contribution in [0.4, 0.5) is 13.2 Å². The van der Waals surface area contributed by atoms with Gasteiger partial charge in [0, 0.05) is 6.20 Å². The second-order valence-corrected chi connectivity index (χ2v) is 4.44. The molecule has 8 nitrogen and oxygen atoms in total. The van der Waals surface area contributed by atoms with E-state index in [0.717, 1.165) is 0 Å². The van der Waals surface area contributed by atoms with Crippen molar-refractivity contribution in [2.45, 2.75) is 30.7 Å². The Morgan fingerprint density at radius 3 is 2.38 bits per heavy atom. The van der Waals surface area contributed by atoms with E-state index in [4.69, 9.17) is 9.84 Å². The molecule has 1 aromatic heterocycles. The van der Waals surface area contributed by atoms with Crippen LogP contribution >= 0.6 is 0 Å². The predicted molar refractivity (Wildman–Crippen MR) is 59.3 cm³/mol. The largest absolute Gasteiger partial charge is 0.423 e. The van der Waals surface area contributed by atoms with Crippen LogP contribution in [0.25, 0.3) is 0 Å². The van der Waals surface area contributed by atoms with Crippen LogP contribution in [-0.4, -0.2) is 49.8 Å². The molecule has 1 fully saturated rings. The molecule has 0 radical (unpaired) electrons. The number of hydrogen-bond donors (Lipinski definition) is 4. The molecule has 2 heterocycles. The first kappa shape index (κ1) is 15.7. The maximum absolute atomic E-state index is 12.6. The van der Waals surface area contributed by atoms with Crippen molar-refractivity contribution in [2.75, 3.05) is 6.61 Å². The highest BCUT2D eigenvalue weighted by atomic mass is 19.4. The van der Waals surface area contributed by atoms with Crippen LogP contribution in [0.2, 0.25) is 0 Å². The number of aliphatic hydroxyl groups excluding tert-OH is 3. The minimum Gasteiger partial charge on any atom is -0.394 e. The quantitative estimate of drug-likeness (QED) is 0.509. The summed E-state index contributed by atoms with van der Waals surface area (Å²) in [7, 11) is 0. The van der Waals surface area contributed by atoms with E-state index in [2.05, 4.69) is 0 Å². The SMILES string of the molecule is O=c1[nH]c(=O)n([C@@H]2O[C@H](CO)C(O)[C@@H]2O)cc1C(F)(F)F. The Kier molecular flexibility index (Phi) is 3.93. The second-order valence-electron chi connectivity index (χ2n) is 4.44. The fourth-order valence-corrected chi connectivity index (χ4v) is 1.99. The molecule has 118 valence electrons. The van der Waals surface area contributed by atoms with E-state index in [9.17, 15) is 33.0 Å². The molecule has 1 aliphatic heterocycles. The minimum absolute atomic E-state index is 0.196. The maximum Gasteiger partial charge on any atom is 0.423 e. The number of nitrogens with zero attached hydrogens (tertiary/aromatic N) is 1. The van der Waals surface area contributed by atoms with Crippen LogP contribution in [-0.2, 0) is 10.9 Å². The fourth-order valence-electron chi connectivity index (χ4n) is 1.99. The van der Waals surface area contributed by atoms with Crippen molar-refractivity contribution in [3.8, 4) is 0 Å². The van der Waals surface area contributed by atoms with Gasteiger partial charge in [0.15, 0.2) is 6.23 Å². The number of rotatable bonds is 2. The lowest BCUT2D eigenvalue weighted by molar-refractivity contribution is -0.140. The van der Waals surface area contributed by atoms with E-state index in [1.165, 1.54) is 4.98 Å². The van der Waals surface area contributed by atoms with E-state index >= 15 is 0 Å². The molecule has 1 aliphatic rings. The number of ether oxygens (including phenoxy) is 1. The van der Waals surface area contributed by atoms with Gasteiger partial charge in [-0.3, -0.25) is 14.3 Å². The highest BCUT2D eigenvalue weighted by molar-refractivity contribution is 5.10. The van der Waals surface area contributed by atoms with Gasteiger partial charge in [0.05, 0.1) is 6.61 Å². The first-order chi connectivity index (χ1) is 9.66. The molecule has 4 N–H and O–H groups in total. The summed E-state index contributed by atoms with van der Waals surface area (Å²) in [6.07, 6.45) is -11.1. The first-order valence-electron chi connectivity index (χ1n) is 5.72. The molecule has 0 aromatic carbocycles. The number of halogens is 3. The molecule has 0 saturated carbocycles. The molecule has 0 aliphatic carbocycles. The molecule has 1 saturated heterocycles. The predicted octanol–water partition coefficient (Wildman–Crippen LogP) is -1.83. The van der Waals surface area contributed by atoms with Gasteiger partial charge in [0.2, 0.25) is 0 Å². The Balaban J connectivity index is 2.50. The first-order valence-corrected chi connectivity index (χ1v) is 5.72. The van der Waals surface area contributed by atoms with Gasteiger partial charge in [-0.1, -0.05) is 0 Å². The smallest absolute Gasteiger partial charge is 0.394 e. The molecule has 1 unspecified atom stereocenters. The van der Waals surface area contributed by atoms with Crippen LogP contribution in [0.1, 0.15) is 11.8 Å². The topological polar surface area (TPSA) is 125 Å². The van der Waals surface area contributed by atoms with Gasteiger partial charge in [0.25, 0.3) is 5.56 Å². The molecule has 2 rings (SSSR count).